The van der Waals surface area contributed by atoms with Crippen LogP contribution in [0.2, 0.25) is 0 Å². The molecule has 0 aliphatic heterocycles. The number of hydrogen-bond donors (Lipinski definition) is 0. The summed E-state index contributed by atoms with van der Waals surface area (Å²) in [6, 6.07) is 0. The molecule has 0 aromatic rings. The fourth-order valence-corrected chi connectivity index (χ4v) is 2.29. The van der Waals surface area contributed by atoms with Crippen molar-refractivity contribution >= 4 is 0 Å². The van der Waals surface area contributed by atoms with Gasteiger partial charge in [-0.3, -0.25) is 0 Å². The monoisotopic (exact) mass is 377 g/mol. The molecule has 0 spiro atoms. The summed E-state index contributed by atoms with van der Waals surface area (Å²) in [5.41, 5.74) is 0.653. The van der Waals surface area contributed by atoms with Gasteiger partial charge in [0.2, 0.25) is 0 Å². The highest BCUT2D eigenvalue weighted by Crippen LogP contribution is 2.41. The first kappa shape index (κ1) is 40.6. The van der Waals surface area contributed by atoms with E-state index in [9.17, 15) is 0 Å². The van der Waals surface area contributed by atoms with Crippen molar-refractivity contribution in [1.82, 2.24) is 0 Å². The van der Waals surface area contributed by atoms with E-state index in [-0.39, 0.29) is 14.9 Å². The molecular weight excluding hydrogens is 312 g/mol. The van der Waals surface area contributed by atoms with Crippen LogP contribution in [0.4, 0.5) is 0 Å². The molecule has 0 saturated heterocycles. The lowest BCUT2D eigenvalue weighted by molar-refractivity contribution is 0.281. The summed E-state index contributed by atoms with van der Waals surface area (Å²) in [5.74, 6) is 1.90. The minimum atomic E-state index is 0. The van der Waals surface area contributed by atoms with Crippen molar-refractivity contribution in [2.24, 2.45) is 17.3 Å². The average Bonchev–Trinajstić information content (AvgIpc) is 2.93. The number of unbranched alkanes of at least 4 members (excludes halogenated alkanes) is 3. The minimum Gasteiger partial charge on any atom is -0.0776 e. The third-order valence-corrected chi connectivity index (χ3v) is 5.14. The van der Waals surface area contributed by atoms with Crippen LogP contribution in [0.1, 0.15) is 156 Å². The van der Waals surface area contributed by atoms with E-state index >= 15 is 0 Å². The molecule has 168 valence electrons. The Hall–Kier alpha value is 0. The molecule has 0 nitrogen and oxygen atoms in total. The van der Waals surface area contributed by atoms with Gasteiger partial charge in [0.25, 0.3) is 0 Å². The quantitative estimate of drug-likeness (QED) is 0.418. The van der Waals surface area contributed by atoms with Crippen LogP contribution in [0.3, 0.4) is 0 Å². The summed E-state index contributed by atoms with van der Waals surface area (Å²) < 4.78 is 0. The molecule has 1 unspecified atom stereocenters. The predicted molar refractivity (Wildman–Crippen MR) is 133 cm³/mol. The second-order valence-corrected chi connectivity index (χ2v) is 7.41. The zero-order chi connectivity index (χ0) is 20.0. The van der Waals surface area contributed by atoms with E-state index in [1.807, 2.05) is 27.7 Å². The van der Waals surface area contributed by atoms with Crippen LogP contribution < -0.4 is 0 Å². The Bertz CT molecular complexity index is 172. The average molecular weight is 377 g/mol. The summed E-state index contributed by atoms with van der Waals surface area (Å²) in [7, 11) is 0. The third kappa shape index (κ3) is 31.7. The van der Waals surface area contributed by atoms with E-state index in [4.69, 9.17) is 0 Å². The maximum absolute atomic E-state index is 2.38. The molecule has 1 saturated carbocycles. The van der Waals surface area contributed by atoms with Crippen molar-refractivity contribution < 1.29 is 0 Å². The van der Waals surface area contributed by atoms with Crippen molar-refractivity contribution in [3.63, 3.8) is 0 Å². The Labute approximate surface area is 173 Å². The predicted octanol–water partition coefficient (Wildman–Crippen LogP) is 11.2. The molecule has 1 rings (SSSR count). The zero-order valence-corrected chi connectivity index (χ0v) is 20.0. The fraction of sp³-hybridized carbons (Fsp3) is 1.00. The van der Waals surface area contributed by atoms with Crippen molar-refractivity contribution in [1.29, 1.82) is 0 Å². The van der Waals surface area contributed by atoms with E-state index in [0.717, 1.165) is 11.8 Å². The van der Waals surface area contributed by atoms with Crippen LogP contribution in [-0.4, -0.2) is 0 Å². The standard InChI is InChI=1S/C8H16.2C6H14.2C2H6.2CH4/c1-7-5-4-6-8(7,2)3;1-4-6(3)5-2;1-3-5-6-4-2;2*1-2;;/h7H,4-6H2,1-3H3;6H,4-5H2,1-3H3;3-6H2,1-2H3;2*1-2H3;2*1H4. The molecule has 0 amide bonds. The van der Waals surface area contributed by atoms with Crippen LogP contribution in [0, 0.1) is 17.3 Å². The van der Waals surface area contributed by atoms with E-state index < -0.39 is 0 Å². The normalized spacial score (nSPS) is 15.8. The molecule has 26 heavy (non-hydrogen) atoms. The first-order chi connectivity index (χ1) is 11.4. The van der Waals surface area contributed by atoms with Gasteiger partial charge in [-0.25, -0.2) is 0 Å². The van der Waals surface area contributed by atoms with Gasteiger partial charge in [-0.15, -0.1) is 0 Å². The third-order valence-electron chi connectivity index (χ3n) is 5.14. The highest BCUT2D eigenvalue weighted by atomic mass is 14.4. The van der Waals surface area contributed by atoms with Crippen LogP contribution in [0.15, 0.2) is 0 Å². The van der Waals surface area contributed by atoms with Gasteiger partial charge in [0.05, 0.1) is 0 Å². The maximum Gasteiger partial charge on any atom is -0.0329 e. The zero-order valence-electron chi connectivity index (χ0n) is 20.0. The molecule has 0 aromatic carbocycles. The Kier molecular flexibility index (Phi) is 51.0. The minimum absolute atomic E-state index is 0. The molecule has 1 aliphatic rings. The molecule has 0 N–H and O–H groups in total. The SMILES string of the molecule is C.C.CC.CC.CC1CCCC1(C)C.CCC(C)CC.CCCCCC. The molecular formula is C26H64. The highest BCUT2D eigenvalue weighted by molar-refractivity contribution is 4.81. The van der Waals surface area contributed by atoms with E-state index in [1.165, 1.54) is 57.8 Å². The molecule has 0 bridgehead atoms. The van der Waals surface area contributed by atoms with Crippen molar-refractivity contribution in [3.8, 4) is 0 Å². The van der Waals surface area contributed by atoms with Gasteiger partial charge in [-0.2, -0.15) is 0 Å². The Morgan fingerprint density at radius 1 is 0.808 bits per heavy atom. The lowest BCUT2D eigenvalue weighted by Gasteiger charge is -2.22. The van der Waals surface area contributed by atoms with Crippen LogP contribution in [-0.2, 0) is 0 Å². The first-order valence-corrected chi connectivity index (χ1v) is 11.4. The molecule has 0 heterocycles. The summed E-state index contributed by atoms with van der Waals surface area (Å²) >= 11 is 0. The maximum atomic E-state index is 2.38. The lowest BCUT2D eigenvalue weighted by atomic mass is 9.83. The lowest BCUT2D eigenvalue weighted by Crippen LogP contribution is -2.13. The molecule has 1 fully saturated rings. The molecule has 1 aliphatic carbocycles. The molecule has 0 heteroatoms. The summed E-state index contributed by atoms with van der Waals surface area (Å²) in [4.78, 5) is 0. The second kappa shape index (κ2) is 32.7. The summed E-state index contributed by atoms with van der Waals surface area (Å²) in [6.45, 7) is 26.3. The van der Waals surface area contributed by atoms with Crippen molar-refractivity contribution in [3.05, 3.63) is 0 Å². The highest BCUT2D eigenvalue weighted by Gasteiger charge is 2.30. The Morgan fingerprint density at radius 2 is 1.15 bits per heavy atom. The fourth-order valence-electron chi connectivity index (χ4n) is 2.29. The van der Waals surface area contributed by atoms with E-state index in [1.54, 1.807) is 0 Å². The van der Waals surface area contributed by atoms with Gasteiger partial charge < -0.3 is 0 Å². The van der Waals surface area contributed by atoms with Gasteiger partial charge >= 0.3 is 0 Å². The first-order valence-electron chi connectivity index (χ1n) is 11.4. The Morgan fingerprint density at radius 3 is 1.23 bits per heavy atom. The molecule has 0 radical (unpaired) electrons. The van der Waals surface area contributed by atoms with Crippen LogP contribution >= 0.6 is 0 Å². The number of hydrogen-bond acceptors (Lipinski definition) is 0. The van der Waals surface area contributed by atoms with Crippen LogP contribution in [0.25, 0.3) is 0 Å². The van der Waals surface area contributed by atoms with Gasteiger partial charge in [0, 0.05) is 0 Å². The summed E-state index contributed by atoms with van der Waals surface area (Å²) in [6.07, 6.45) is 12.5. The van der Waals surface area contributed by atoms with Gasteiger partial charge in [-0.1, -0.05) is 149 Å². The Balaban J connectivity index is -0.0000000514. The van der Waals surface area contributed by atoms with Gasteiger partial charge in [0.1, 0.15) is 0 Å². The van der Waals surface area contributed by atoms with E-state index in [0.29, 0.717) is 5.41 Å². The smallest absolute Gasteiger partial charge is 0.0329 e. The summed E-state index contributed by atoms with van der Waals surface area (Å²) in [5, 5.41) is 0. The molecule has 1 atom stereocenters. The largest absolute Gasteiger partial charge is 0.0776 e. The topological polar surface area (TPSA) is 0 Å². The van der Waals surface area contributed by atoms with E-state index in [2.05, 4.69) is 55.4 Å². The van der Waals surface area contributed by atoms with Gasteiger partial charge in [0.15, 0.2) is 0 Å². The number of rotatable bonds is 5. The van der Waals surface area contributed by atoms with Crippen molar-refractivity contribution in [2.75, 3.05) is 0 Å². The molecule has 0 aromatic heterocycles. The van der Waals surface area contributed by atoms with Crippen LogP contribution in [0.5, 0.6) is 0 Å². The van der Waals surface area contributed by atoms with Crippen molar-refractivity contribution in [2.45, 2.75) is 156 Å². The second-order valence-electron chi connectivity index (χ2n) is 7.41. The van der Waals surface area contributed by atoms with Gasteiger partial charge in [-0.05, 0) is 23.7 Å².